The zero-order valence-electron chi connectivity index (χ0n) is 17.4. The van der Waals surface area contributed by atoms with E-state index in [1.54, 1.807) is 22.6 Å². The summed E-state index contributed by atoms with van der Waals surface area (Å²) in [5.74, 6) is 0.791. The second-order valence-electron chi connectivity index (χ2n) is 7.75. The van der Waals surface area contributed by atoms with Crippen LogP contribution in [0.2, 0.25) is 0 Å². The number of para-hydroxylation sites is 1. The van der Waals surface area contributed by atoms with Gasteiger partial charge in [-0.1, -0.05) is 48.4 Å². The predicted octanol–water partition coefficient (Wildman–Crippen LogP) is 5.07. The number of piperidine rings is 1. The van der Waals surface area contributed by atoms with Gasteiger partial charge in [0.05, 0.1) is 10.9 Å². The molecule has 4 rings (SSSR count). The van der Waals surface area contributed by atoms with Crippen molar-refractivity contribution in [1.29, 1.82) is 0 Å². The summed E-state index contributed by atoms with van der Waals surface area (Å²) in [6, 6.07) is 20.8. The van der Waals surface area contributed by atoms with Crippen LogP contribution in [0.1, 0.15) is 36.4 Å². The summed E-state index contributed by atoms with van der Waals surface area (Å²) in [7, 11) is -1.62. The lowest BCUT2D eigenvalue weighted by molar-refractivity contribution is 0.256. The molecule has 1 fully saturated rings. The maximum atomic E-state index is 13.5. The maximum absolute atomic E-state index is 13.5. The molecule has 0 N–H and O–H groups in total. The molecule has 0 unspecified atom stereocenters. The fourth-order valence-electron chi connectivity index (χ4n) is 4.07. The second kappa shape index (κ2) is 8.58. The molecular weight excluding hydrogens is 394 g/mol. The molecule has 1 aliphatic rings. The summed E-state index contributed by atoms with van der Waals surface area (Å²) >= 11 is 0. The van der Waals surface area contributed by atoms with E-state index in [4.69, 9.17) is 0 Å². The fraction of sp³-hybridized carbons (Fsp3) is 0.292. The Balaban J connectivity index is 1.75. The third kappa shape index (κ3) is 3.98. The zero-order valence-corrected chi connectivity index (χ0v) is 18.2. The topological polar surface area (TPSA) is 53.5 Å². The van der Waals surface area contributed by atoms with E-state index in [9.17, 15) is 8.42 Å². The van der Waals surface area contributed by atoms with Crippen molar-refractivity contribution >= 4 is 21.5 Å². The van der Waals surface area contributed by atoms with E-state index >= 15 is 0 Å². The van der Waals surface area contributed by atoms with Crippen molar-refractivity contribution < 1.29 is 8.42 Å². The summed E-state index contributed by atoms with van der Waals surface area (Å²) in [6.07, 6.45) is 4.41. The summed E-state index contributed by atoms with van der Waals surface area (Å²) in [5, 5.41) is 0. The van der Waals surface area contributed by atoms with Gasteiger partial charge in [0.15, 0.2) is 0 Å². The molecule has 2 heterocycles. The van der Waals surface area contributed by atoms with Crippen LogP contribution in [0.15, 0.2) is 77.8 Å². The van der Waals surface area contributed by atoms with Crippen molar-refractivity contribution in [2.45, 2.75) is 37.1 Å². The molecule has 0 spiro atoms. The molecule has 0 saturated carbocycles. The number of hydrogen-bond acceptors (Lipinski definition) is 4. The average molecular weight is 422 g/mol. The van der Waals surface area contributed by atoms with E-state index in [1.807, 2.05) is 73.5 Å². The third-order valence-corrected chi connectivity index (χ3v) is 7.64. The standard InChI is InChI=1S/C24H27N3O2S/c1-19-13-15-21(16-14-19)30(28,29)27-18-7-6-12-23(27)22-11-8-17-25-24(22)26(2)20-9-4-3-5-10-20/h3-5,8-11,13-17,23H,6-7,12,18H2,1-2H3/t23-/m0/s1. The van der Waals surface area contributed by atoms with Crippen LogP contribution in [0.3, 0.4) is 0 Å². The van der Waals surface area contributed by atoms with Crippen LogP contribution in [0.25, 0.3) is 0 Å². The largest absolute Gasteiger partial charge is 0.329 e. The van der Waals surface area contributed by atoms with Crippen LogP contribution in [-0.4, -0.2) is 31.3 Å². The van der Waals surface area contributed by atoms with Crippen LogP contribution in [0.4, 0.5) is 11.5 Å². The first-order chi connectivity index (χ1) is 14.5. The van der Waals surface area contributed by atoms with Gasteiger partial charge in [0.25, 0.3) is 0 Å². The lowest BCUT2D eigenvalue weighted by Gasteiger charge is -2.36. The number of hydrogen-bond donors (Lipinski definition) is 0. The van der Waals surface area contributed by atoms with Crippen molar-refractivity contribution in [3.63, 3.8) is 0 Å². The SMILES string of the molecule is Cc1ccc(S(=O)(=O)N2CCCC[C@H]2c2cccnc2N(C)c2ccccc2)cc1. The molecule has 1 aliphatic heterocycles. The van der Waals surface area contributed by atoms with Crippen LogP contribution in [0.5, 0.6) is 0 Å². The van der Waals surface area contributed by atoms with E-state index < -0.39 is 10.0 Å². The van der Waals surface area contributed by atoms with Crippen molar-refractivity contribution in [2.24, 2.45) is 0 Å². The number of pyridine rings is 1. The van der Waals surface area contributed by atoms with Gasteiger partial charge in [-0.05, 0) is 50.1 Å². The third-order valence-electron chi connectivity index (χ3n) is 5.72. The second-order valence-corrected chi connectivity index (χ2v) is 9.64. The summed E-state index contributed by atoms with van der Waals surface area (Å²) in [5.41, 5.74) is 3.00. The minimum atomic E-state index is -3.60. The number of aryl methyl sites for hydroxylation is 1. The van der Waals surface area contributed by atoms with E-state index in [1.165, 1.54) is 0 Å². The minimum Gasteiger partial charge on any atom is -0.329 e. The highest BCUT2D eigenvalue weighted by molar-refractivity contribution is 7.89. The summed E-state index contributed by atoms with van der Waals surface area (Å²) in [4.78, 5) is 7.01. The molecule has 1 aromatic heterocycles. The van der Waals surface area contributed by atoms with E-state index in [0.29, 0.717) is 11.4 Å². The molecule has 0 aliphatic carbocycles. The molecule has 5 nitrogen and oxygen atoms in total. The molecule has 30 heavy (non-hydrogen) atoms. The van der Waals surface area contributed by atoms with Gasteiger partial charge < -0.3 is 4.90 Å². The quantitative estimate of drug-likeness (QED) is 0.577. The summed E-state index contributed by atoms with van der Waals surface area (Å²) in [6.45, 7) is 2.48. The predicted molar refractivity (Wildman–Crippen MR) is 120 cm³/mol. The zero-order chi connectivity index (χ0) is 21.1. The molecule has 2 aromatic carbocycles. The molecular formula is C24H27N3O2S. The lowest BCUT2D eigenvalue weighted by Crippen LogP contribution is -2.39. The van der Waals surface area contributed by atoms with E-state index in [0.717, 1.165) is 41.9 Å². The Labute approximate surface area is 179 Å². The smallest absolute Gasteiger partial charge is 0.243 e. The minimum absolute atomic E-state index is 0.236. The van der Waals surface area contributed by atoms with Gasteiger partial charge in [-0.2, -0.15) is 4.31 Å². The maximum Gasteiger partial charge on any atom is 0.243 e. The molecule has 0 radical (unpaired) electrons. The van der Waals surface area contributed by atoms with Crippen molar-refractivity contribution in [3.05, 3.63) is 84.1 Å². The molecule has 3 aromatic rings. The Hall–Kier alpha value is -2.70. The lowest BCUT2D eigenvalue weighted by atomic mass is 9.97. The molecule has 1 saturated heterocycles. The van der Waals surface area contributed by atoms with Gasteiger partial charge in [0.2, 0.25) is 10.0 Å². The molecule has 0 amide bonds. The van der Waals surface area contributed by atoms with Crippen LogP contribution in [0, 0.1) is 6.92 Å². The first kappa shape index (κ1) is 20.6. The molecule has 0 bridgehead atoms. The van der Waals surface area contributed by atoms with Gasteiger partial charge in [0, 0.05) is 31.0 Å². The van der Waals surface area contributed by atoms with Gasteiger partial charge in [-0.25, -0.2) is 13.4 Å². The Bertz CT molecular complexity index is 1100. The monoisotopic (exact) mass is 421 g/mol. The molecule has 6 heteroatoms. The Morgan fingerprint density at radius 3 is 2.43 bits per heavy atom. The fourth-order valence-corrected chi connectivity index (χ4v) is 5.75. The van der Waals surface area contributed by atoms with Crippen LogP contribution < -0.4 is 4.90 Å². The van der Waals surface area contributed by atoms with Crippen molar-refractivity contribution in [2.75, 3.05) is 18.5 Å². The van der Waals surface area contributed by atoms with Crippen molar-refractivity contribution in [3.8, 4) is 0 Å². The Kier molecular flexibility index (Phi) is 5.88. The number of sulfonamides is 1. The summed E-state index contributed by atoms with van der Waals surface area (Å²) < 4.78 is 28.7. The number of benzene rings is 2. The molecule has 156 valence electrons. The first-order valence-corrected chi connectivity index (χ1v) is 11.7. The highest BCUT2D eigenvalue weighted by Crippen LogP contribution is 2.39. The number of rotatable bonds is 5. The first-order valence-electron chi connectivity index (χ1n) is 10.3. The number of nitrogens with zero attached hydrogens (tertiary/aromatic N) is 3. The van der Waals surface area contributed by atoms with E-state index in [2.05, 4.69) is 4.98 Å². The Morgan fingerprint density at radius 1 is 0.967 bits per heavy atom. The average Bonchev–Trinajstić information content (AvgIpc) is 2.79. The van der Waals surface area contributed by atoms with Crippen LogP contribution in [-0.2, 0) is 10.0 Å². The van der Waals surface area contributed by atoms with Crippen molar-refractivity contribution in [1.82, 2.24) is 9.29 Å². The van der Waals surface area contributed by atoms with Crippen LogP contribution >= 0.6 is 0 Å². The van der Waals surface area contributed by atoms with Gasteiger partial charge in [-0.15, -0.1) is 0 Å². The Morgan fingerprint density at radius 2 is 1.70 bits per heavy atom. The van der Waals surface area contributed by atoms with Gasteiger partial charge >= 0.3 is 0 Å². The number of aromatic nitrogens is 1. The van der Waals surface area contributed by atoms with Gasteiger partial charge in [-0.3, -0.25) is 0 Å². The molecule has 1 atom stereocenters. The highest BCUT2D eigenvalue weighted by Gasteiger charge is 2.36. The normalized spacial score (nSPS) is 17.6. The highest BCUT2D eigenvalue weighted by atomic mass is 32.2. The van der Waals surface area contributed by atoms with Gasteiger partial charge in [0.1, 0.15) is 5.82 Å². The number of anilines is 2. The van der Waals surface area contributed by atoms with E-state index in [-0.39, 0.29) is 6.04 Å².